The van der Waals surface area contributed by atoms with Crippen molar-refractivity contribution in [3.05, 3.63) is 69.8 Å². The molecule has 9 heteroatoms. The number of aryl methyl sites for hydroxylation is 2. The van der Waals surface area contributed by atoms with Gasteiger partial charge in [-0.05, 0) is 23.8 Å². The van der Waals surface area contributed by atoms with E-state index in [1.807, 2.05) is 30.3 Å². The minimum absolute atomic E-state index is 0.137. The van der Waals surface area contributed by atoms with Gasteiger partial charge in [-0.2, -0.15) is 4.80 Å². The van der Waals surface area contributed by atoms with Crippen LogP contribution in [0.5, 0.6) is 0 Å². The Hall–Kier alpha value is -3.62. The molecule has 0 atom stereocenters. The molecule has 2 aromatic carbocycles. The Labute approximate surface area is 154 Å². The summed E-state index contributed by atoms with van der Waals surface area (Å²) in [7, 11) is 0. The molecule has 0 unspecified atom stereocenters. The highest BCUT2D eigenvalue weighted by Gasteiger charge is 2.14. The number of ether oxygens (including phenoxy) is 1. The molecule has 0 aliphatic rings. The SMILES string of the molecule is Cc1cc(C(=O)OCCCn2nnc(-c3ccccc3)n2)cc([N+](=O)[O-])c1. The number of aromatic nitrogens is 4. The van der Waals surface area contributed by atoms with Crippen LogP contribution in [-0.4, -0.2) is 37.7 Å². The fourth-order valence-corrected chi connectivity index (χ4v) is 2.48. The van der Waals surface area contributed by atoms with Crippen LogP contribution in [0.25, 0.3) is 11.4 Å². The van der Waals surface area contributed by atoms with Crippen LogP contribution in [0.2, 0.25) is 0 Å². The van der Waals surface area contributed by atoms with Crippen LogP contribution >= 0.6 is 0 Å². The minimum Gasteiger partial charge on any atom is -0.462 e. The fourth-order valence-electron chi connectivity index (χ4n) is 2.48. The standard InChI is InChI=1S/C18H17N5O4/c1-13-10-15(12-16(11-13)23(25)26)18(24)27-9-5-8-22-20-17(19-21-22)14-6-3-2-4-7-14/h2-4,6-7,10-12H,5,8-9H2,1H3. The van der Waals surface area contributed by atoms with Crippen molar-refractivity contribution >= 4 is 11.7 Å². The van der Waals surface area contributed by atoms with Crippen molar-refractivity contribution in [1.82, 2.24) is 20.2 Å². The quantitative estimate of drug-likeness (QED) is 0.273. The lowest BCUT2D eigenvalue weighted by Crippen LogP contribution is -2.10. The van der Waals surface area contributed by atoms with E-state index in [9.17, 15) is 14.9 Å². The van der Waals surface area contributed by atoms with E-state index < -0.39 is 10.9 Å². The molecule has 27 heavy (non-hydrogen) atoms. The third-order valence-electron chi connectivity index (χ3n) is 3.73. The van der Waals surface area contributed by atoms with Gasteiger partial charge in [0.25, 0.3) is 5.69 Å². The number of rotatable bonds is 7. The maximum absolute atomic E-state index is 12.1. The average Bonchev–Trinajstić information content (AvgIpc) is 3.14. The number of hydrogen-bond acceptors (Lipinski definition) is 7. The van der Waals surface area contributed by atoms with Crippen molar-refractivity contribution in [2.75, 3.05) is 6.61 Å². The number of esters is 1. The van der Waals surface area contributed by atoms with Crippen molar-refractivity contribution in [2.24, 2.45) is 0 Å². The second-order valence-electron chi connectivity index (χ2n) is 5.88. The molecule has 9 nitrogen and oxygen atoms in total. The molecule has 0 spiro atoms. The predicted octanol–water partition coefficient (Wildman–Crippen LogP) is 2.80. The summed E-state index contributed by atoms with van der Waals surface area (Å²) in [5.41, 5.74) is 1.52. The van der Waals surface area contributed by atoms with Gasteiger partial charge in [0.15, 0.2) is 0 Å². The van der Waals surface area contributed by atoms with Gasteiger partial charge in [-0.15, -0.1) is 10.2 Å². The molecule has 0 N–H and O–H groups in total. The molecule has 0 aliphatic heterocycles. The summed E-state index contributed by atoms with van der Waals surface area (Å²) in [6.07, 6.45) is 0.490. The summed E-state index contributed by atoms with van der Waals surface area (Å²) < 4.78 is 5.18. The lowest BCUT2D eigenvalue weighted by atomic mass is 10.1. The van der Waals surface area contributed by atoms with E-state index in [1.54, 1.807) is 13.0 Å². The second kappa shape index (κ2) is 8.17. The first-order valence-corrected chi connectivity index (χ1v) is 8.29. The van der Waals surface area contributed by atoms with Gasteiger partial charge in [-0.3, -0.25) is 10.1 Å². The molecule has 0 aliphatic carbocycles. The van der Waals surface area contributed by atoms with Crippen LogP contribution in [0.15, 0.2) is 48.5 Å². The van der Waals surface area contributed by atoms with Crippen LogP contribution in [0.3, 0.4) is 0 Å². The molecule has 0 radical (unpaired) electrons. The molecule has 1 heterocycles. The Bertz CT molecular complexity index is 955. The van der Waals surface area contributed by atoms with Crippen LogP contribution in [0.4, 0.5) is 5.69 Å². The van der Waals surface area contributed by atoms with Gasteiger partial charge < -0.3 is 4.74 Å². The highest BCUT2D eigenvalue weighted by molar-refractivity contribution is 5.90. The van der Waals surface area contributed by atoms with Crippen molar-refractivity contribution in [1.29, 1.82) is 0 Å². The predicted molar refractivity (Wildman–Crippen MR) is 96.0 cm³/mol. The summed E-state index contributed by atoms with van der Waals surface area (Å²) in [4.78, 5) is 23.9. The molecule has 0 bridgehead atoms. The van der Waals surface area contributed by atoms with Crippen LogP contribution in [0.1, 0.15) is 22.3 Å². The monoisotopic (exact) mass is 367 g/mol. The molecule has 0 saturated heterocycles. The summed E-state index contributed by atoms with van der Waals surface area (Å²) in [5.74, 6) is -0.0713. The number of nitrogens with zero attached hydrogens (tertiary/aromatic N) is 5. The van der Waals surface area contributed by atoms with Gasteiger partial charge in [0.05, 0.1) is 23.6 Å². The Morgan fingerprint density at radius 2 is 2.00 bits per heavy atom. The average molecular weight is 367 g/mol. The molecule has 3 rings (SSSR count). The molecule has 0 saturated carbocycles. The molecule has 3 aromatic rings. The normalized spacial score (nSPS) is 10.6. The topological polar surface area (TPSA) is 113 Å². The summed E-state index contributed by atoms with van der Waals surface area (Å²) >= 11 is 0. The maximum atomic E-state index is 12.1. The molecular weight excluding hydrogens is 350 g/mol. The van der Waals surface area contributed by atoms with E-state index in [0.717, 1.165) is 5.56 Å². The largest absolute Gasteiger partial charge is 0.462 e. The number of non-ortho nitro benzene ring substituents is 1. The highest BCUT2D eigenvalue weighted by Crippen LogP contribution is 2.17. The minimum atomic E-state index is -0.599. The zero-order chi connectivity index (χ0) is 19.2. The Balaban J connectivity index is 1.51. The number of nitro benzene ring substituents is 1. The number of carbonyl (C=O) groups is 1. The van der Waals surface area contributed by atoms with Crippen LogP contribution in [-0.2, 0) is 11.3 Å². The van der Waals surface area contributed by atoms with Gasteiger partial charge in [-0.25, -0.2) is 4.79 Å². The number of hydrogen-bond donors (Lipinski definition) is 0. The Kier molecular flexibility index (Phi) is 5.50. The molecular formula is C18H17N5O4. The van der Waals surface area contributed by atoms with E-state index in [4.69, 9.17) is 4.74 Å². The van der Waals surface area contributed by atoms with Gasteiger partial charge >= 0.3 is 5.97 Å². The van der Waals surface area contributed by atoms with E-state index in [0.29, 0.717) is 24.4 Å². The number of tetrazole rings is 1. The molecule has 1 aromatic heterocycles. The van der Waals surface area contributed by atoms with Gasteiger partial charge in [0, 0.05) is 24.1 Å². The highest BCUT2D eigenvalue weighted by atomic mass is 16.6. The summed E-state index contributed by atoms with van der Waals surface area (Å²) in [5, 5.41) is 23.1. The first kappa shape index (κ1) is 18.2. The van der Waals surface area contributed by atoms with Crippen molar-refractivity contribution in [3.63, 3.8) is 0 Å². The zero-order valence-electron chi connectivity index (χ0n) is 14.6. The van der Waals surface area contributed by atoms with Gasteiger partial charge in [0.1, 0.15) is 0 Å². The zero-order valence-corrected chi connectivity index (χ0v) is 14.6. The maximum Gasteiger partial charge on any atom is 0.338 e. The van der Waals surface area contributed by atoms with E-state index in [1.165, 1.54) is 16.9 Å². The van der Waals surface area contributed by atoms with Crippen molar-refractivity contribution in [3.8, 4) is 11.4 Å². The van der Waals surface area contributed by atoms with E-state index in [2.05, 4.69) is 15.4 Å². The van der Waals surface area contributed by atoms with Gasteiger partial charge in [-0.1, -0.05) is 30.3 Å². The number of carbonyl (C=O) groups excluding carboxylic acids is 1. The van der Waals surface area contributed by atoms with Crippen molar-refractivity contribution < 1.29 is 14.5 Å². The third kappa shape index (κ3) is 4.72. The van der Waals surface area contributed by atoms with Gasteiger partial charge in [0.2, 0.25) is 5.82 Å². The number of benzene rings is 2. The summed E-state index contributed by atoms with van der Waals surface area (Å²) in [6, 6.07) is 13.6. The van der Waals surface area contributed by atoms with Crippen LogP contribution in [0, 0.1) is 17.0 Å². The lowest BCUT2D eigenvalue weighted by Gasteiger charge is -2.05. The smallest absolute Gasteiger partial charge is 0.338 e. The fraction of sp³-hybridized carbons (Fsp3) is 0.222. The lowest BCUT2D eigenvalue weighted by molar-refractivity contribution is -0.384. The molecule has 0 fully saturated rings. The van der Waals surface area contributed by atoms with Crippen LogP contribution < -0.4 is 0 Å². The molecule has 138 valence electrons. The Morgan fingerprint density at radius 3 is 2.74 bits per heavy atom. The summed E-state index contributed by atoms with van der Waals surface area (Å²) in [6.45, 7) is 2.26. The first-order valence-electron chi connectivity index (χ1n) is 8.29. The van der Waals surface area contributed by atoms with E-state index in [-0.39, 0.29) is 17.9 Å². The van der Waals surface area contributed by atoms with E-state index >= 15 is 0 Å². The third-order valence-corrected chi connectivity index (χ3v) is 3.73. The number of nitro groups is 1. The molecule has 0 amide bonds. The van der Waals surface area contributed by atoms with Crippen molar-refractivity contribution in [2.45, 2.75) is 19.9 Å². The Morgan fingerprint density at radius 1 is 1.22 bits per heavy atom. The first-order chi connectivity index (χ1) is 13.0. The second-order valence-corrected chi connectivity index (χ2v) is 5.88.